The molecule has 0 heterocycles. The molecule has 0 bridgehead atoms. The molecule has 1 aliphatic carbocycles. The first-order valence-corrected chi connectivity index (χ1v) is 8.35. The molecule has 1 saturated carbocycles. The number of nitro benzene ring substituents is 1. The lowest BCUT2D eigenvalue weighted by molar-refractivity contribution is -0.385. The van der Waals surface area contributed by atoms with Crippen LogP contribution >= 0.6 is 23.4 Å². The Morgan fingerprint density at radius 2 is 2.15 bits per heavy atom. The van der Waals surface area contributed by atoms with Gasteiger partial charge in [0.2, 0.25) is 0 Å². The minimum Gasteiger partial charge on any atom is -0.311 e. The maximum absolute atomic E-state index is 11.0. The molecule has 0 aliphatic heterocycles. The molecule has 0 spiro atoms. The van der Waals surface area contributed by atoms with Gasteiger partial charge in [-0.3, -0.25) is 10.1 Å². The van der Waals surface area contributed by atoms with E-state index < -0.39 is 0 Å². The molecule has 0 unspecified atom stereocenters. The second-order valence-corrected chi connectivity index (χ2v) is 6.94. The van der Waals surface area contributed by atoms with Crippen LogP contribution in [0.15, 0.2) is 18.2 Å². The third-order valence-electron chi connectivity index (χ3n) is 3.95. The average Bonchev–Trinajstić information content (AvgIpc) is 2.88. The Hall–Kier alpha value is -0.780. The largest absolute Gasteiger partial charge is 0.311 e. The zero-order valence-electron chi connectivity index (χ0n) is 11.5. The number of rotatable bonds is 6. The third-order valence-corrected chi connectivity index (χ3v) is 5.60. The summed E-state index contributed by atoms with van der Waals surface area (Å²) in [5, 5.41) is 14.9. The first-order chi connectivity index (χ1) is 9.56. The molecule has 110 valence electrons. The Morgan fingerprint density at radius 1 is 1.45 bits per heavy atom. The lowest BCUT2D eigenvalue weighted by Gasteiger charge is -2.27. The summed E-state index contributed by atoms with van der Waals surface area (Å²) in [6, 6.07) is 4.70. The lowest BCUT2D eigenvalue weighted by atomic mass is 10.1. The van der Waals surface area contributed by atoms with Gasteiger partial charge in [-0.15, -0.1) is 0 Å². The minimum absolute atomic E-state index is 0.131. The molecule has 6 heteroatoms. The van der Waals surface area contributed by atoms with E-state index in [0.717, 1.165) is 6.54 Å². The van der Waals surface area contributed by atoms with Crippen molar-refractivity contribution in [3.63, 3.8) is 0 Å². The topological polar surface area (TPSA) is 55.2 Å². The maximum atomic E-state index is 11.0. The third kappa shape index (κ3) is 3.65. The fourth-order valence-corrected chi connectivity index (χ4v) is 3.91. The number of nitro groups is 1. The molecule has 0 saturated heterocycles. The van der Waals surface area contributed by atoms with Crippen LogP contribution in [-0.2, 0) is 6.54 Å². The highest BCUT2D eigenvalue weighted by Crippen LogP contribution is 2.39. The number of nitrogens with zero attached hydrogens (tertiary/aromatic N) is 1. The van der Waals surface area contributed by atoms with Crippen molar-refractivity contribution >= 4 is 29.1 Å². The van der Waals surface area contributed by atoms with Crippen molar-refractivity contribution in [2.45, 2.75) is 37.0 Å². The molecule has 0 aromatic heterocycles. The summed E-state index contributed by atoms with van der Waals surface area (Å²) in [6.45, 7) is 1.37. The number of nitrogens with one attached hydrogen (secondary N) is 1. The van der Waals surface area contributed by atoms with Crippen molar-refractivity contribution < 1.29 is 4.92 Å². The van der Waals surface area contributed by atoms with E-state index in [1.54, 1.807) is 12.1 Å². The van der Waals surface area contributed by atoms with E-state index in [0.29, 0.717) is 21.9 Å². The van der Waals surface area contributed by atoms with Crippen molar-refractivity contribution in [2.75, 3.05) is 12.8 Å². The van der Waals surface area contributed by atoms with E-state index >= 15 is 0 Å². The van der Waals surface area contributed by atoms with Crippen LogP contribution in [0.2, 0.25) is 5.02 Å². The van der Waals surface area contributed by atoms with Crippen LogP contribution in [-0.4, -0.2) is 22.5 Å². The monoisotopic (exact) mass is 314 g/mol. The van der Waals surface area contributed by atoms with E-state index in [9.17, 15) is 10.1 Å². The molecule has 1 fully saturated rings. The van der Waals surface area contributed by atoms with E-state index in [4.69, 9.17) is 11.6 Å². The molecular formula is C14H19ClN2O2S. The Balaban J connectivity index is 2.00. The Labute approximate surface area is 128 Å². The molecule has 1 N–H and O–H groups in total. The summed E-state index contributed by atoms with van der Waals surface area (Å²) in [7, 11) is 0. The summed E-state index contributed by atoms with van der Waals surface area (Å²) >= 11 is 7.83. The predicted molar refractivity (Wildman–Crippen MR) is 84.5 cm³/mol. The van der Waals surface area contributed by atoms with Crippen molar-refractivity contribution in [1.82, 2.24) is 5.32 Å². The summed E-state index contributed by atoms with van der Waals surface area (Å²) in [5.41, 5.74) is 0.781. The number of hydrogen-bond donors (Lipinski definition) is 1. The van der Waals surface area contributed by atoms with Crippen molar-refractivity contribution in [1.29, 1.82) is 0 Å². The number of hydrogen-bond acceptors (Lipinski definition) is 4. The predicted octanol–water partition coefficient (Wildman–Crippen LogP) is 4.01. The van der Waals surface area contributed by atoms with Crippen LogP contribution < -0.4 is 5.32 Å². The normalized spacial score (nSPS) is 17.3. The molecule has 4 nitrogen and oxygen atoms in total. The Kier molecular flexibility index (Phi) is 5.29. The minimum atomic E-state index is -0.354. The van der Waals surface area contributed by atoms with Gasteiger partial charge in [0, 0.05) is 34.5 Å². The lowest BCUT2D eigenvalue weighted by Crippen LogP contribution is -2.34. The summed E-state index contributed by atoms with van der Waals surface area (Å²) < 4.78 is 0.299. The van der Waals surface area contributed by atoms with E-state index in [1.165, 1.54) is 31.7 Å². The molecule has 1 aromatic rings. The van der Waals surface area contributed by atoms with Gasteiger partial charge in [-0.1, -0.05) is 24.4 Å². The van der Waals surface area contributed by atoms with E-state index in [-0.39, 0.29) is 10.6 Å². The average molecular weight is 315 g/mol. The highest BCUT2D eigenvalue weighted by Gasteiger charge is 2.32. The smallest absolute Gasteiger partial charge is 0.273 e. The fraction of sp³-hybridized carbons (Fsp3) is 0.571. The first kappa shape index (κ1) is 15.6. The number of benzene rings is 1. The van der Waals surface area contributed by atoms with Crippen molar-refractivity contribution in [3.8, 4) is 0 Å². The Bertz CT molecular complexity index is 490. The quantitative estimate of drug-likeness (QED) is 0.636. The molecule has 2 rings (SSSR count). The Morgan fingerprint density at radius 3 is 2.75 bits per heavy atom. The van der Waals surface area contributed by atoms with Crippen molar-refractivity contribution in [2.24, 2.45) is 0 Å². The molecule has 0 amide bonds. The van der Waals surface area contributed by atoms with Gasteiger partial charge >= 0.3 is 0 Å². The molecule has 0 radical (unpaired) electrons. The van der Waals surface area contributed by atoms with Gasteiger partial charge in [0.15, 0.2) is 0 Å². The van der Waals surface area contributed by atoms with Crippen LogP contribution in [0, 0.1) is 10.1 Å². The van der Waals surface area contributed by atoms with Gasteiger partial charge in [-0.2, -0.15) is 11.8 Å². The molecular weight excluding hydrogens is 296 g/mol. The van der Waals surface area contributed by atoms with Gasteiger partial charge in [0.25, 0.3) is 5.69 Å². The molecule has 0 atom stereocenters. The van der Waals surface area contributed by atoms with Crippen LogP contribution in [0.5, 0.6) is 0 Å². The van der Waals surface area contributed by atoms with E-state index in [2.05, 4.69) is 11.6 Å². The molecule has 1 aromatic carbocycles. The van der Waals surface area contributed by atoms with Gasteiger partial charge < -0.3 is 5.32 Å². The fourth-order valence-electron chi connectivity index (χ4n) is 2.77. The van der Waals surface area contributed by atoms with Crippen molar-refractivity contribution in [3.05, 3.63) is 38.9 Å². The zero-order valence-corrected chi connectivity index (χ0v) is 13.1. The second kappa shape index (κ2) is 6.78. The second-order valence-electron chi connectivity index (χ2n) is 5.23. The standard InChI is InChI=1S/C14H19ClN2O2S/c1-20-14(6-2-3-7-14)10-16-9-11-8-12(15)4-5-13(11)17(18)19/h4-5,8,16H,2-3,6-7,9-10H2,1H3. The first-order valence-electron chi connectivity index (χ1n) is 6.75. The molecule has 1 aliphatic rings. The van der Waals surface area contributed by atoms with Crippen LogP contribution in [0.1, 0.15) is 31.2 Å². The van der Waals surface area contributed by atoms with Crippen LogP contribution in [0.25, 0.3) is 0 Å². The summed E-state index contributed by atoms with van der Waals surface area (Å²) in [6.07, 6.45) is 7.14. The number of thioether (sulfide) groups is 1. The van der Waals surface area contributed by atoms with Gasteiger partial charge in [0.1, 0.15) is 0 Å². The van der Waals surface area contributed by atoms with Gasteiger partial charge in [-0.25, -0.2) is 0 Å². The van der Waals surface area contributed by atoms with Crippen LogP contribution in [0.4, 0.5) is 5.69 Å². The van der Waals surface area contributed by atoms with Crippen LogP contribution in [0.3, 0.4) is 0 Å². The molecule has 20 heavy (non-hydrogen) atoms. The highest BCUT2D eigenvalue weighted by molar-refractivity contribution is 8.00. The highest BCUT2D eigenvalue weighted by atomic mass is 35.5. The van der Waals surface area contributed by atoms with Gasteiger partial charge in [0.05, 0.1) is 4.92 Å². The maximum Gasteiger partial charge on any atom is 0.273 e. The number of halogens is 1. The summed E-state index contributed by atoms with van der Waals surface area (Å²) in [5.74, 6) is 0. The van der Waals surface area contributed by atoms with E-state index in [1.807, 2.05) is 11.8 Å². The van der Waals surface area contributed by atoms with Gasteiger partial charge in [-0.05, 0) is 31.2 Å². The zero-order chi connectivity index (χ0) is 14.6. The SMILES string of the molecule is CSC1(CNCc2cc(Cl)ccc2[N+](=O)[O-])CCCC1. The summed E-state index contributed by atoms with van der Waals surface area (Å²) in [4.78, 5) is 10.6.